The summed E-state index contributed by atoms with van der Waals surface area (Å²) in [5, 5.41) is 10.6. The van der Waals surface area contributed by atoms with E-state index in [1.165, 1.54) is 49.6 Å². The minimum Gasteiger partial charge on any atom is -0.497 e. The molecule has 2 rings (SSSR count). The lowest BCUT2D eigenvalue weighted by Gasteiger charge is -2.07. The van der Waals surface area contributed by atoms with E-state index in [0.29, 0.717) is 5.75 Å². The fraction of sp³-hybridized carbons (Fsp3) is 0.0769. The first-order valence-electron chi connectivity index (χ1n) is 5.36. The highest BCUT2D eigenvalue weighted by Crippen LogP contribution is 2.29. The predicted octanol–water partition coefficient (Wildman–Crippen LogP) is 3.53. The van der Waals surface area contributed by atoms with Crippen LogP contribution in [0.1, 0.15) is 0 Å². The van der Waals surface area contributed by atoms with Crippen molar-refractivity contribution in [3.8, 4) is 17.2 Å². The van der Waals surface area contributed by atoms with Gasteiger partial charge in [0.15, 0.2) is 11.6 Å². The zero-order chi connectivity index (χ0) is 13.8. The number of rotatable bonds is 4. The van der Waals surface area contributed by atoms with E-state index in [4.69, 9.17) is 9.47 Å². The van der Waals surface area contributed by atoms with E-state index in [1.54, 1.807) is 0 Å². The van der Waals surface area contributed by atoms with Crippen LogP contribution in [0, 0.1) is 15.9 Å². The van der Waals surface area contributed by atoms with Gasteiger partial charge in [0.25, 0.3) is 5.69 Å². The summed E-state index contributed by atoms with van der Waals surface area (Å²) in [5.74, 6) is -0.0747. The van der Waals surface area contributed by atoms with Crippen LogP contribution in [0.2, 0.25) is 0 Å². The van der Waals surface area contributed by atoms with E-state index in [9.17, 15) is 14.5 Å². The average Bonchev–Trinajstić information content (AvgIpc) is 2.41. The molecule has 19 heavy (non-hydrogen) atoms. The van der Waals surface area contributed by atoms with Gasteiger partial charge in [-0.1, -0.05) is 6.07 Å². The van der Waals surface area contributed by atoms with Gasteiger partial charge >= 0.3 is 0 Å². The Labute approximate surface area is 108 Å². The monoisotopic (exact) mass is 263 g/mol. The summed E-state index contributed by atoms with van der Waals surface area (Å²) in [4.78, 5) is 10.1. The van der Waals surface area contributed by atoms with Crippen molar-refractivity contribution < 1.29 is 18.8 Å². The molecule has 0 saturated heterocycles. The number of benzene rings is 2. The summed E-state index contributed by atoms with van der Waals surface area (Å²) in [7, 11) is 1.43. The summed E-state index contributed by atoms with van der Waals surface area (Å²) < 4.78 is 23.8. The second-order valence-corrected chi connectivity index (χ2v) is 3.65. The molecule has 0 aliphatic heterocycles. The van der Waals surface area contributed by atoms with Crippen molar-refractivity contribution in [2.45, 2.75) is 0 Å². The average molecular weight is 263 g/mol. The van der Waals surface area contributed by atoms with Crippen LogP contribution in [0.25, 0.3) is 0 Å². The Balaban J connectivity index is 2.26. The number of hydrogen-bond donors (Lipinski definition) is 0. The van der Waals surface area contributed by atoms with Crippen LogP contribution in [0.4, 0.5) is 10.1 Å². The van der Waals surface area contributed by atoms with Crippen LogP contribution in [0.15, 0.2) is 42.5 Å². The fourth-order valence-electron chi connectivity index (χ4n) is 1.48. The highest BCUT2D eigenvalue weighted by molar-refractivity contribution is 5.42. The number of nitro groups is 1. The number of non-ortho nitro benzene ring substituents is 1. The summed E-state index contributed by atoms with van der Waals surface area (Å²) in [6, 6.07) is 9.64. The van der Waals surface area contributed by atoms with Gasteiger partial charge in [-0.3, -0.25) is 10.1 Å². The molecule has 0 heterocycles. The van der Waals surface area contributed by atoms with E-state index >= 15 is 0 Å². The summed E-state index contributed by atoms with van der Waals surface area (Å²) in [6.07, 6.45) is 0. The molecule has 0 unspecified atom stereocenters. The molecule has 2 aromatic rings. The van der Waals surface area contributed by atoms with Gasteiger partial charge in [0.1, 0.15) is 11.5 Å². The predicted molar refractivity (Wildman–Crippen MR) is 66.1 cm³/mol. The Morgan fingerprint density at radius 3 is 2.58 bits per heavy atom. The first kappa shape index (κ1) is 12.8. The molecule has 0 aromatic heterocycles. The molecule has 0 bridgehead atoms. The van der Waals surface area contributed by atoms with Gasteiger partial charge in [-0.25, -0.2) is 4.39 Å². The number of halogens is 1. The van der Waals surface area contributed by atoms with Crippen LogP contribution < -0.4 is 9.47 Å². The van der Waals surface area contributed by atoms with Gasteiger partial charge in [-0.2, -0.15) is 0 Å². The van der Waals surface area contributed by atoms with Crippen LogP contribution in [0.3, 0.4) is 0 Å². The number of nitro benzene ring substituents is 1. The van der Waals surface area contributed by atoms with Crippen molar-refractivity contribution in [3.05, 3.63) is 58.4 Å². The second-order valence-electron chi connectivity index (χ2n) is 3.65. The molecule has 0 amide bonds. The third kappa shape index (κ3) is 2.98. The highest BCUT2D eigenvalue weighted by Gasteiger charge is 2.10. The van der Waals surface area contributed by atoms with E-state index in [0.717, 1.165) is 0 Å². The van der Waals surface area contributed by atoms with Gasteiger partial charge in [0, 0.05) is 12.1 Å². The molecule has 0 radical (unpaired) electrons. The smallest absolute Gasteiger partial charge is 0.273 e. The first-order valence-corrected chi connectivity index (χ1v) is 5.36. The van der Waals surface area contributed by atoms with Gasteiger partial charge in [0.2, 0.25) is 0 Å². The molecule has 98 valence electrons. The molecule has 2 aromatic carbocycles. The highest BCUT2D eigenvalue weighted by atomic mass is 19.1. The topological polar surface area (TPSA) is 61.6 Å². The molecule has 0 atom stereocenters. The van der Waals surface area contributed by atoms with Gasteiger partial charge < -0.3 is 9.47 Å². The van der Waals surface area contributed by atoms with Gasteiger partial charge in [-0.05, 0) is 18.2 Å². The SMILES string of the molecule is COc1ccc(Oc2cccc([N+](=O)[O-])c2)c(F)c1. The number of hydrogen-bond acceptors (Lipinski definition) is 4. The molecule has 0 aliphatic rings. The van der Waals surface area contributed by atoms with Crippen molar-refractivity contribution in [1.82, 2.24) is 0 Å². The van der Waals surface area contributed by atoms with Gasteiger partial charge in [-0.15, -0.1) is 0 Å². The van der Waals surface area contributed by atoms with Crippen LogP contribution >= 0.6 is 0 Å². The standard InChI is InChI=1S/C13H10FNO4/c1-18-10-5-6-13(12(14)8-10)19-11-4-2-3-9(7-11)15(16)17/h2-8H,1H3. The first-order chi connectivity index (χ1) is 9.10. The van der Waals surface area contributed by atoms with Crippen LogP contribution in [-0.2, 0) is 0 Å². The Morgan fingerprint density at radius 1 is 1.16 bits per heavy atom. The third-order valence-electron chi connectivity index (χ3n) is 2.40. The maximum Gasteiger partial charge on any atom is 0.273 e. The van der Waals surface area contributed by atoms with E-state index in [-0.39, 0.29) is 17.2 Å². The number of methoxy groups -OCH3 is 1. The Morgan fingerprint density at radius 2 is 1.95 bits per heavy atom. The van der Waals surface area contributed by atoms with Crippen molar-refractivity contribution in [1.29, 1.82) is 0 Å². The zero-order valence-electron chi connectivity index (χ0n) is 10.00. The van der Waals surface area contributed by atoms with E-state index in [1.807, 2.05) is 0 Å². The summed E-state index contributed by atoms with van der Waals surface area (Å²) >= 11 is 0. The minimum absolute atomic E-state index is 0.0266. The lowest BCUT2D eigenvalue weighted by Crippen LogP contribution is -1.92. The van der Waals surface area contributed by atoms with Crippen molar-refractivity contribution >= 4 is 5.69 Å². The summed E-state index contributed by atoms with van der Waals surface area (Å²) in [5.41, 5.74) is -0.119. The molecular weight excluding hydrogens is 253 g/mol. The molecule has 0 fully saturated rings. The lowest BCUT2D eigenvalue weighted by atomic mass is 10.3. The molecule has 0 spiro atoms. The normalized spacial score (nSPS) is 10.0. The maximum absolute atomic E-state index is 13.6. The summed E-state index contributed by atoms with van der Waals surface area (Å²) in [6.45, 7) is 0. The molecule has 6 heteroatoms. The number of nitrogens with zero attached hydrogens (tertiary/aromatic N) is 1. The van der Waals surface area contributed by atoms with Crippen LogP contribution in [0.5, 0.6) is 17.2 Å². The lowest BCUT2D eigenvalue weighted by molar-refractivity contribution is -0.384. The zero-order valence-corrected chi connectivity index (χ0v) is 10.00. The van der Waals surface area contributed by atoms with Crippen molar-refractivity contribution in [2.75, 3.05) is 7.11 Å². The van der Waals surface area contributed by atoms with Crippen molar-refractivity contribution in [3.63, 3.8) is 0 Å². The maximum atomic E-state index is 13.6. The number of ether oxygens (including phenoxy) is 2. The molecule has 0 aliphatic carbocycles. The Kier molecular flexibility index (Phi) is 3.61. The Hall–Kier alpha value is -2.63. The van der Waals surface area contributed by atoms with Gasteiger partial charge in [0.05, 0.1) is 18.1 Å². The quantitative estimate of drug-likeness (QED) is 0.625. The fourth-order valence-corrected chi connectivity index (χ4v) is 1.48. The van der Waals surface area contributed by atoms with E-state index in [2.05, 4.69) is 0 Å². The third-order valence-corrected chi connectivity index (χ3v) is 2.40. The molecular formula is C13H10FNO4. The molecule has 0 saturated carbocycles. The molecule has 0 N–H and O–H groups in total. The minimum atomic E-state index is -0.606. The van der Waals surface area contributed by atoms with Crippen LogP contribution in [-0.4, -0.2) is 12.0 Å². The Bertz CT molecular complexity index is 615. The second kappa shape index (κ2) is 5.34. The largest absolute Gasteiger partial charge is 0.497 e. The molecule has 5 nitrogen and oxygen atoms in total. The van der Waals surface area contributed by atoms with Crippen molar-refractivity contribution in [2.24, 2.45) is 0 Å². The van der Waals surface area contributed by atoms with E-state index < -0.39 is 10.7 Å².